The van der Waals surface area contributed by atoms with Crippen LogP contribution >= 0.6 is 0 Å². The molecule has 94 valence electrons. The van der Waals surface area contributed by atoms with Gasteiger partial charge in [-0.15, -0.1) is 0 Å². The summed E-state index contributed by atoms with van der Waals surface area (Å²) in [5, 5.41) is 19.3. The predicted octanol–water partition coefficient (Wildman–Crippen LogP) is 1.17. The van der Waals surface area contributed by atoms with Gasteiger partial charge < -0.3 is 15.5 Å². The van der Waals surface area contributed by atoms with Crippen molar-refractivity contribution in [3.8, 4) is 0 Å². The van der Waals surface area contributed by atoms with E-state index in [-0.39, 0.29) is 13.1 Å². The van der Waals surface area contributed by atoms with Crippen LogP contribution in [0.5, 0.6) is 0 Å². The summed E-state index contributed by atoms with van der Waals surface area (Å²) < 4.78 is 0. The molecule has 0 aliphatic heterocycles. The fraction of sp³-hybridized carbons (Fsp3) is 0.462. The molecule has 3 N–H and O–H groups in total. The lowest BCUT2D eigenvalue weighted by Crippen LogP contribution is -2.16. The minimum Gasteiger partial charge on any atom is -0.483 e. The summed E-state index contributed by atoms with van der Waals surface area (Å²) in [6, 6.07) is 9.08. The smallest absolute Gasteiger partial charge is 0.290 e. The Hall–Kier alpha value is -1.39. The third kappa shape index (κ3) is 5.47. The van der Waals surface area contributed by atoms with Crippen LogP contribution in [0.3, 0.4) is 0 Å². The van der Waals surface area contributed by atoms with E-state index >= 15 is 0 Å². The van der Waals surface area contributed by atoms with Crippen molar-refractivity contribution in [3.05, 3.63) is 35.4 Å². The van der Waals surface area contributed by atoms with Gasteiger partial charge in [0.05, 0.1) is 0 Å². The average molecular weight is 237 g/mol. The van der Waals surface area contributed by atoms with Gasteiger partial charge in [-0.25, -0.2) is 0 Å². The van der Waals surface area contributed by atoms with Gasteiger partial charge in [-0.05, 0) is 30.4 Å². The van der Waals surface area contributed by atoms with E-state index in [2.05, 4.69) is 23.5 Å². The number of rotatable bonds is 5. The molecular formula is C13H19NO3. The molecule has 0 amide bonds. The van der Waals surface area contributed by atoms with E-state index in [0.717, 1.165) is 19.0 Å². The van der Waals surface area contributed by atoms with Crippen LogP contribution in [-0.2, 0) is 17.8 Å². The Kier molecular flexibility index (Phi) is 6.29. The zero-order chi connectivity index (χ0) is 12.5. The molecule has 2 rings (SSSR count). The number of hydrogen-bond acceptors (Lipinski definition) is 3. The lowest BCUT2D eigenvalue weighted by molar-refractivity contribution is -0.122. The van der Waals surface area contributed by atoms with Crippen molar-refractivity contribution >= 4 is 6.47 Å². The van der Waals surface area contributed by atoms with Gasteiger partial charge >= 0.3 is 0 Å². The highest BCUT2D eigenvalue weighted by Gasteiger charge is 2.20. The molecule has 1 fully saturated rings. The van der Waals surface area contributed by atoms with Crippen molar-refractivity contribution < 1.29 is 15.0 Å². The third-order valence-corrected chi connectivity index (χ3v) is 2.66. The Morgan fingerprint density at radius 3 is 2.41 bits per heavy atom. The standard InChI is InChI=1S/C12H17NO.CH2O2/c14-8-7-10-3-1-2-4-11(10)9-13-12-5-6-12;2-1-3/h1-4,12-14H,5-9H2;1H,(H,2,3). The number of hydrogen-bond donors (Lipinski definition) is 3. The molecule has 1 saturated carbocycles. The Morgan fingerprint density at radius 1 is 1.29 bits per heavy atom. The van der Waals surface area contributed by atoms with Crippen molar-refractivity contribution in [2.24, 2.45) is 0 Å². The summed E-state index contributed by atoms with van der Waals surface area (Å²) in [4.78, 5) is 8.36. The maximum atomic E-state index is 8.91. The third-order valence-electron chi connectivity index (χ3n) is 2.66. The second kappa shape index (κ2) is 7.81. The minimum absolute atomic E-state index is 0.237. The van der Waals surface area contributed by atoms with Crippen LogP contribution in [0.4, 0.5) is 0 Å². The van der Waals surface area contributed by atoms with Gasteiger partial charge in [0.15, 0.2) is 0 Å². The summed E-state index contributed by atoms with van der Waals surface area (Å²) in [7, 11) is 0. The maximum absolute atomic E-state index is 8.91. The highest BCUT2D eigenvalue weighted by atomic mass is 16.3. The SMILES string of the molecule is O=CO.OCCc1ccccc1CNC1CC1. The molecule has 0 atom stereocenters. The highest BCUT2D eigenvalue weighted by molar-refractivity contribution is 5.32. The van der Waals surface area contributed by atoms with Crippen LogP contribution < -0.4 is 5.32 Å². The number of carboxylic acid groups (broad SMARTS) is 1. The first-order chi connectivity index (χ1) is 8.31. The molecule has 0 spiro atoms. The van der Waals surface area contributed by atoms with E-state index in [1.165, 1.54) is 24.0 Å². The molecule has 1 aromatic rings. The van der Waals surface area contributed by atoms with Gasteiger partial charge in [-0.2, -0.15) is 0 Å². The Balaban J connectivity index is 0.000000437. The van der Waals surface area contributed by atoms with Crippen molar-refractivity contribution in [3.63, 3.8) is 0 Å². The van der Waals surface area contributed by atoms with Crippen LogP contribution in [0.25, 0.3) is 0 Å². The Bertz CT molecular complexity index is 337. The van der Waals surface area contributed by atoms with Gasteiger partial charge in [0.2, 0.25) is 0 Å². The van der Waals surface area contributed by atoms with Crippen LogP contribution in [0, 0.1) is 0 Å². The Labute approximate surface area is 101 Å². The molecule has 0 unspecified atom stereocenters. The van der Waals surface area contributed by atoms with Crippen molar-refractivity contribution in [1.82, 2.24) is 5.32 Å². The molecule has 1 aliphatic rings. The monoisotopic (exact) mass is 237 g/mol. The zero-order valence-electron chi connectivity index (χ0n) is 9.80. The maximum Gasteiger partial charge on any atom is 0.290 e. The van der Waals surface area contributed by atoms with Crippen LogP contribution in [0.1, 0.15) is 24.0 Å². The molecule has 4 heteroatoms. The molecule has 4 nitrogen and oxygen atoms in total. The number of aliphatic hydroxyl groups excluding tert-OH is 1. The first-order valence-corrected chi connectivity index (χ1v) is 5.80. The predicted molar refractivity (Wildman–Crippen MR) is 65.8 cm³/mol. The zero-order valence-corrected chi connectivity index (χ0v) is 9.80. The fourth-order valence-electron chi connectivity index (χ4n) is 1.64. The van der Waals surface area contributed by atoms with Crippen molar-refractivity contribution in [1.29, 1.82) is 0 Å². The summed E-state index contributed by atoms with van der Waals surface area (Å²) in [5.74, 6) is 0. The molecule has 1 aromatic carbocycles. The molecule has 0 radical (unpaired) electrons. The Morgan fingerprint density at radius 2 is 1.88 bits per heavy atom. The fourth-order valence-corrected chi connectivity index (χ4v) is 1.64. The van der Waals surface area contributed by atoms with Gasteiger partial charge in [-0.1, -0.05) is 24.3 Å². The molecule has 1 aliphatic carbocycles. The van der Waals surface area contributed by atoms with Gasteiger partial charge in [-0.3, -0.25) is 4.79 Å². The first-order valence-electron chi connectivity index (χ1n) is 5.80. The van der Waals surface area contributed by atoms with Crippen molar-refractivity contribution in [2.75, 3.05) is 6.61 Å². The molecule has 0 aromatic heterocycles. The molecule has 17 heavy (non-hydrogen) atoms. The summed E-state index contributed by atoms with van der Waals surface area (Å²) in [6.07, 6.45) is 3.41. The summed E-state index contributed by atoms with van der Waals surface area (Å²) in [6.45, 7) is 0.932. The largest absolute Gasteiger partial charge is 0.483 e. The molecule has 0 bridgehead atoms. The van der Waals surface area contributed by atoms with Crippen molar-refractivity contribution in [2.45, 2.75) is 31.8 Å². The van der Waals surface area contributed by atoms with E-state index < -0.39 is 0 Å². The van der Waals surface area contributed by atoms with Crippen LogP contribution in [0.2, 0.25) is 0 Å². The topological polar surface area (TPSA) is 69.6 Å². The van der Waals surface area contributed by atoms with Crippen LogP contribution in [-0.4, -0.2) is 29.3 Å². The number of carbonyl (C=O) groups is 1. The van der Waals surface area contributed by atoms with E-state index in [1.807, 2.05) is 6.07 Å². The number of benzene rings is 1. The molecule has 0 saturated heterocycles. The summed E-state index contributed by atoms with van der Waals surface area (Å²) >= 11 is 0. The highest BCUT2D eigenvalue weighted by Crippen LogP contribution is 2.20. The number of nitrogens with one attached hydrogen (secondary N) is 1. The minimum atomic E-state index is -0.250. The number of aliphatic hydroxyl groups is 1. The second-order valence-electron chi connectivity index (χ2n) is 4.00. The second-order valence-corrected chi connectivity index (χ2v) is 4.00. The van der Waals surface area contributed by atoms with E-state index in [9.17, 15) is 0 Å². The van der Waals surface area contributed by atoms with Gasteiger partial charge in [0, 0.05) is 19.2 Å². The summed E-state index contributed by atoms with van der Waals surface area (Å²) in [5.41, 5.74) is 2.59. The van der Waals surface area contributed by atoms with Crippen LogP contribution in [0.15, 0.2) is 24.3 Å². The quantitative estimate of drug-likeness (QED) is 0.672. The lowest BCUT2D eigenvalue weighted by Gasteiger charge is -2.08. The van der Waals surface area contributed by atoms with Gasteiger partial charge in [0.1, 0.15) is 0 Å². The molecular weight excluding hydrogens is 218 g/mol. The van der Waals surface area contributed by atoms with Gasteiger partial charge in [0.25, 0.3) is 6.47 Å². The average Bonchev–Trinajstić information content (AvgIpc) is 3.13. The van der Waals surface area contributed by atoms with E-state index in [0.29, 0.717) is 0 Å². The first kappa shape index (κ1) is 13.7. The van der Waals surface area contributed by atoms with E-state index in [4.69, 9.17) is 15.0 Å². The van der Waals surface area contributed by atoms with E-state index in [1.54, 1.807) is 0 Å². The normalized spacial score (nSPS) is 13.7. The molecule has 0 heterocycles. The lowest BCUT2D eigenvalue weighted by atomic mass is 10.1.